The number of rotatable bonds is 5. The standard InChI is InChI=1S/C15H19N3O2/c1-10(2)14(19)9-16-15(20)13-8-12(17-18-13)11-6-4-3-5-7-11/h3-8,10,14,19H,9H2,1-2H3,(H,16,20)(H,17,18). The molecule has 0 aliphatic rings. The number of amides is 1. The zero-order valence-corrected chi connectivity index (χ0v) is 11.6. The number of carbonyl (C=O) groups is 1. The highest BCUT2D eigenvalue weighted by Crippen LogP contribution is 2.16. The Kier molecular flexibility index (Phi) is 4.53. The lowest BCUT2D eigenvalue weighted by Gasteiger charge is -2.14. The zero-order chi connectivity index (χ0) is 14.5. The SMILES string of the molecule is CC(C)C(O)CNC(=O)c1cc(-c2ccccc2)n[nH]1. The van der Waals surface area contributed by atoms with Crippen LogP contribution in [0.2, 0.25) is 0 Å². The third kappa shape index (κ3) is 3.45. The molecule has 1 aromatic heterocycles. The van der Waals surface area contributed by atoms with Crippen molar-refractivity contribution in [2.24, 2.45) is 5.92 Å². The zero-order valence-electron chi connectivity index (χ0n) is 11.6. The molecule has 5 heteroatoms. The van der Waals surface area contributed by atoms with E-state index < -0.39 is 6.10 Å². The fraction of sp³-hybridized carbons (Fsp3) is 0.333. The number of benzene rings is 1. The molecule has 0 radical (unpaired) electrons. The summed E-state index contributed by atoms with van der Waals surface area (Å²) in [5.74, 6) is -0.156. The summed E-state index contributed by atoms with van der Waals surface area (Å²) < 4.78 is 0. The van der Waals surface area contributed by atoms with Crippen molar-refractivity contribution in [2.45, 2.75) is 20.0 Å². The summed E-state index contributed by atoms with van der Waals surface area (Å²) in [7, 11) is 0. The van der Waals surface area contributed by atoms with Gasteiger partial charge in [-0.1, -0.05) is 44.2 Å². The Bertz CT molecular complexity index is 564. The van der Waals surface area contributed by atoms with Crippen LogP contribution in [0.4, 0.5) is 0 Å². The molecule has 3 N–H and O–H groups in total. The van der Waals surface area contributed by atoms with Gasteiger partial charge >= 0.3 is 0 Å². The summed E-state index contributed by atoms with van der Waals surface area (Å²) in [6, 6.07) is 11.3. The molecular formula is C15H19N3O2. The van der Waals surface area contributed by atoms with Crippen molar-refractivity contribution in [1.82, 2.24) is 15.5 Å². The van der Waals surface area contributed by atoms with Crippen molar-refractivity contribution in [2.75, 3.05) is 6.54 Å². The number of hydrogen-bond acceptors (Lipinski definition) is 3. The Labute approximate surface area is 118 Å². The fourth-order valence-electron chi connectivity index (χ4n) is 1.72. The number of carbonyl (C=O) groups excluding carboxylic acids is 1. The van der Waals surface area contributed by atoms with Gasteiger partial charge in [-0.05, 0) is 12.0 Å². The van der Waals surface area contributed by atoms with E-state index in [-0.39, 0.29) is 18.4 Å². The lowest BCUT2D eigenvalue weighted by Crippen LogP contribution is -2.34. The number of H-pyrrole nitrogens is 1. The van der Waals surface area contributed by atoms with Crippen molar-refractivity contribution >= 4 is 5.91 Å². The van der Waals surface area contributed by atoms with Gasteiger partial charge < -0.3 is 10.4 Å². The van der Waals surface area contributed by atoms with Crippen molar-refractivity contribution in [3.05, 3.63) is 42.1 Å². The number of aromatic nitrogens is 2. The first-order valence-corrected chi connectivity index (χ1v) is 6.65. The molecular weight excluding hydrogens is 254 g/mol. The summed E-state index contributed by atoms with van der Waals surface area (Å²) in [4.78, 5) is 11.9. The van der Waals surface area contributed by atoms with Crippen LogP contribution >= 0.6 is 0 Å². The lowest BCUT2D eigenvalue weighted by molar-refractivity contribution is 0.0867. The highest BCUT2D eigenvalue weighted by atomic mass is 16.3. The molecule has 5 nitrogen and oxygen atoms in total. The van der Waals surface area contributed by atoms with Crippen LogP contribution in [0.15, 0.2) is 36.4 Å². The predicted octanol–water partition coefficient (Wildman–Crippen LogP) is 1.82. The molecule has 1 atom stereocenters. The van der Waals surface area contributed by atoms with Crippen LogP contribution in [0.25, 0.3) is 11.3 Å². The fourth-order valence-corrected chi connectivity index (χ4v) is 1.72. The molecule has 0 aliphatic heterocycles. The first kappa shape index (κ1) is 14.3. The van der Waals surface area contributed by atoms with Gasteiger partial charge in [0.05, 0.1) is 11.8 Å². The second kappa shape index (κ2) is 6.34. The number of aliphatic hydroxyl groups is 1. The second-order valence-corrected chi connectivity index (χ2v) is 5.05. The van der Waals surface area contributed by atoms with Gasteiger partial charge in [0.2, 0.25) is 0 Å². The highest BCUT2D eigenvalue weighted by molar-refractivity contribution is 5.93. The van der Waals surface area contributed by atoms with Crippen molar-refractivity contribution < 1.29 is 9.90 Å². The average Bonchev–Trinajstić information content (AvgIpc) is 2.95. The third-order valence-corrected chi connectivity index (χ3v) is 3.13. The van der Waals surface area contributed by atoms with Crippen LogP contribution in [0.1, 0.15) is 24.3 Å². The molecule has 20 heavy (non-hydrogen) atoms. The van der Waals surface area contributed by atoms with E-state index in [4.69, 9.17) is 0 Å². The maximum absolute atomic E-state index is 11.9. The van der Waals surface area contributed by atoms with E-state index in [1.54, 1.807) is 6.07 Å². The smallest absolute Gasteiger partial charge is 0.269 e. The number of aromatic amines is 1. The van der Waals surface area contributed by atoms with Crippen LogP contribution < -0.4 is 5.32 Å². The molecule has 1 aromatic carbocycles. The molecule has 0 aliphatic carbocycles. The Morgan fingerprint density at radius 1 is 1.35 bits per heavy atom. The van der Waals surface area contributed by atoms with Crippen LogP contribution in [-0.4, -0.2) is 33.9 Å². The first-order chi connectivity index (χ1) is 9.58. The molecule has 0 fully saturated rings. The Balaban J connectivity index is 2.00. The summed E-state index contributed by atoms with van der Waals surface area (Å²) in [6.07, 6.45) is -0.546. The van der Waals surface area contributed by atoms with E-state index in [9.17, 15) is 9.90 Å². The topological polar surface area (TPSA) is 78.0 Å². The number of hydrogen-bond donors (Lipinski definition) is 3. The second-order valence-electron chi connectivity index (χ2n) is 5.05. The van der Waals surface area contributed by atoms with Crippen LogP contribution in [-0.2, 0) is 0 Å². The molecule has 0 saturated heterocycles. The van der Waals surface area contributed by atoms with Crippen molar-refractivity contribution in [1.29, 1.82) is 0 Å². The van der Waals surface area contributed by atoms with Crippen LogP contribution in [0, 0.1) is 5.92 Å². The van der Waals surface area contributed by atoms with Gasteiger partial charge in [-0.15, -0.1) is 0 Å². The highest BCUT2D eigenvalue weighted by Gasteiger charge is 2.14. The van der Waals surface area contributed by atoms with Crippen molar-refractivity contribution in [3.63, 3.8) is 0 Å². The number of nitrogens with zero attached hydrogens (tertiary/aromatic N) is 1. The van der Waals surface area contributed by atoms with Crippen LogP contribution in [0.5, 0.6) is 0 Å². The minimum Gasteiger partial charge on any atom is -0.391 e. The molecule has 0 spiro atoms. The largest absolute Gasteiger partial charge is 0.391 e. The summed E-state index contributed by atoms with van der Waals surface area (Å²) in [5.41, 5.74) is 2.06. The normalized spacial score (nSPS) is 12.4. The minimum atomic E-state index is -0.546. The Morgan fingerprint density at radius 2 is 2.05 bits per heavy atom. The van der Waals surface area contributed by atoms with Gasteiger partial charge in [-0.3, -0.25) is 9.89 Å². The Morgan fingerprint density at radius 3 is 2.70 bits per heavy atom. The molecule has 106 valence electrons. The van der Waals surface area contributed by atoms with Crippen molar-refractivity contribution in [3.8, 4) is 11.3 Å². The number of nitrogens with one attached hydrogen (secondary N) is 2. The van der Waals surface area contributed by atoms with E-state index in [0.717, 1.165) is 11.3 Å². The van der Waals surface area contributed by atoms with Gasteiger partial charge in [0, 0.05) is 12.1 Å². The van der Waals surface area contributed by atoms with E-state index in [2.05, 4.69) is 15.5 Å². The summed E-state index contributed by atoms with van der Waals surface area (Å²) >= 11 is 0. The van der Waals surface area contributed by atoms with E-state index in [1.807, 2.05) is 44.2 Å². The predicted molar refractivity (Wildman–Crippen MR) is 77.2 cm³/mol. The molecule has 2 aromatic rings. The minimum absolute atomic E-state index is 0.108. The van der Waals surface area contributed by atoms with E-state index >= 15 is 0 Å². The quantitative estimate of drug-likeness (QED) is 0.777. The molecule has 0 saturated carbocycles. The average molecular weight is 273 g/mol. The van der Waals surface area contributed by atoms with Gasteiger partial charge in [0.15, 0.2) is 0 Å². The molecule has 1 unspecified atom stereocenters. The molecule has 1 amide bonds. The monoisotopic (exact) mass is 273 g/mol. The first-order valence-electron chi connectivity index (χ1n) is 6.65. The Hall–Kier alpha value is -2.14. The van der Waals surface area contributed by atoms with E-state index in [0.29, 0.717) is 5.69 Å². The van der Waals surface area contributed by atoms with E-state index in [1.165, 1.54) is 0 Å². The van der Waals surface area contributed by atoms with Gasteiger partial charge in [0.1, 0.15) is 5.69 Å². The summed E-state index contributed by atoms with van der Waals surface area (Å²) in [5, 5.41) is 19.2. The van der Waals surface area contributed by atoms with Gasteiger partial charge in [0.25, 0.3) is 5.91 Å². The number of aliphatic hydroxyl groups excluding tert-OH is 1. The summed E-state index contributed by atoms with van der Waals surface area (Å²) in [6.45, 7) is 4.04. The van der Waals surface area contributed by atoms with Gasteiger partial charge in [-0.2, -0.15) is 5.10 Å². The maximum atomic E-state index is 11.9. The third-order valence-electron chi connectivity index (χ3n) is 3.13. The molecule has 1 heterocycles. The lowest BCUT2D eigenvalue weighted by atomic mass is 10.1. The van der Waals surface area contributed by atoms with Crippen LogP contribution in [0.3, 0.4) is 0 Å². The molecule has 0 bridgehead atoms. The molecule has 2 rings (SSSR count). The van der Waals surface area contributed by atoms with Gasteiger partial charge in [-0.25, -0.2) is 0 Å². The maximum Gasteiger partial charge on any atom is 0.269 e.